The Labute approximate surface area is 161 Å². The molecule has 2 amide bonds. The number of allylic oxidation sites excluding steroid dienone is 1. The van der Waals surface area contributed by atoms with Gasteiger partial charge in [0.15, 0.2) is 10.8 Å². The summed E-state index contributed by atoms with van der Waals surface area (Å²) in [6.07, 6.45) is 1.42. The number of thioether (sulfide) groups is 1. The number of hydrogen-bond donors (Lipinski definition) is 3. The fourth-order valence-corrected chi connectivity index (χ4v) is 4.59. The van der Waals surface area contributed by atoms with Gasteiger partial charge >= 0.3 is 5.97 Å². The number of carbonyl (C=O) groups excluding carboxylic acids is 2. The number of aliphatic carboxylic acids is 1. The Morgan fingerprint density at radius 2 is 2.33 bits per heavy atom. The number of thiazole rings is 1. The van der Waals surface area contributed by atoms with E-state index in [1.165, 1.54) is 24.9 Å². The Bertz CT molecular complexity index is 893. The molecule has 3 heterocycles. The molecule has 1 aromatic rings. The molecule has 0 aromatic carbocycles. The minimum absolute atomic E-state index is 0.109. The van der Waals surface area contributed by atoms with E-state index in [2.05, 4.69) is 26.9 Å². The maximum Gasteiger partial charge on any atom is 0.352 e. The van der Waals surface area contributed by atoms with Crippen molar-refractivity contribution in [1.82, 2.24) is 15.2 Å². The minimum Gasteiger partial charge on any atom is -0.477 e. The Hall–Kier alpha value is -2.86. The van der Waals surface area contributed by atoms with Crippen molar-refractivity contribution in [2.75, 3.05) is 18.6 Å². The molecule has 0 saturated carbocycles. The summed E-state index contributed by atoms with van der Waals surface area (Å²) in [5.41, 5.74) is 6.02. The highest BCUT2D eigenvalue weighted by atomic mass is 32.2. The van der Waals surface area contributed by atoms with E-state index in [1.807, 2.05) is 0 Å². The maximum atomic E-state index is 12.6. The zero-order valence-electron chi connectivity index (χ0n) is 14.0. The summed E-state index contributed by atoms with van der Waals surface area (Å²) in [5, 5.41) is 16.9. The molecule has 0 aliphatic carbocycles. The van der Waals surface area contributed by atoms with Gasteiger partial charge in [0.25, 0.3) is 11.8 Å². The molecular weight excluding hydrogens is 394 g/mol. The second kappa shape index (κ2) is 7.40. The van der Waals surface area contributed by atoms with E-state index >= 15 is 0 Å². The van der Waals surface area contributed by atoms with Crippen molar-refractivity contribution in [3.63, 3.8) is 0 Å². The molecule has 0 bridgehead atoms. The van der Waals surface area contributed by atoms with Gasteiger partial charge in [-0.25, -0.2) is 9.78 Å². The van der Waals surface area contributed by atoms with E-state index in [-0.39, 0.29) is 22.2 Å². The van der Waals surface area contributed by atoms with Crippen LogP contribution in [-0.4, -0.2) is 62.8 Å². The number of β-lactam (4-membered cyclic amide) rings is 1. The lowest BCUT2D eigenvalue weighted by Gasteiger charge is -2.49. The second-order valence-electron chi connectivity index (χ2n) is 5.44. The van der Waals surface area contributed by atoms with Crippen LogP contribution >= 0.6 is 23.1 Å². The lowest BCUT2D eigenvalue weighted by atomic mass is 10.0. The summed E-state index contributed by atoms with van der Waals surface area (Å²) >= 11 is 2.47. The first-order chi connectivity index (χ1) is 12.9. The van der Waals surface area contributed by atoms with Crippen molar-refractivity contribution < 1.29 is 24.3 Å². The summed E-state index contributed by atoms with van der Waals surface area (Å²) in [4.78, 5) is 46.4. The molecule has 2 aliphatic rings. The highest BCUT2D eigenvalue weighted by Crippen LogP contribution is 2.40. The van der Waals surface area contributed by atoms with E-state index in [1.54, 1.807) is 5.38 Å². The Morgan fingerprint density at radius 1 is 1.59 bits per heavy atom. The molecule has 4 N–H and O–H groups in total. The molecule has 2 unspecified atom stereocenters. The monoisotopic (exact) mass is 409 g/mol. The number of carboxylic acids is 1. The third-order valence-corrected chi connectivity index (χ3v) is 5.87. The summed E-state index contributed by atoms with van der Waals surface area (Å²) in [6, 6.07) is -0.888. The molecule has 10 nitrogen and oxygen atoms in total. The van der Waals surface area contributed by atoms with E-state index in [9.17, 15) is 19.5 Å². The lowest BCUT2D eigenvalue weighted by Crippen LogP contribution is -2.71. The Balaban J connectivity index is 1.80. The molecular formula is C15H15N5O5S2. The van der Waals surface area contributed by atoms with Crippen LogP contribution in [0.2, 0.25) is 0 Å². The van der Waals surface area contributed by atoms with Gasteiger partial charge in [0.2, 0.25) is 0 Å². The first-order valence-electron chi connectivity index (χ1n) is 7.56. The SMILES string of the molecule is C=CC1=C(C(=O)O)N2C(=O)C(NC(=O)/C(=N/OC)c3csc(N)n3)C2SC1. The zero-order valence-corrected chi connectivity index (χ0v) is 15.7. The largest absolute Gasteiger partial charge is 0.477 e. The number of aromatic nitrogens is 1. The van der Waals surface area contributed by atoms with Gasteiger partial charge in [0.1, 0.15) is 29.9 Å². The van der Waals surface area contributed by atoms with Gasteiger partial charge in [-0.05, 0) is 5.57 Å². The number of rotatable bonds is 6. The molecule has 12 heteroatoms. The number of nitrogens with one attached hydrogen (secondary N) is 1. The van der Waals surface area contributed by atoms with Crippen LogP contribution in [0.25, 0.3) is 0 Å². The molecule has 27 heavy (non-hydrogen) atoms. The molecule has 2 atom stereocenters. The van der Waals surface area contributed by atoms with Crippen molar-refractivity contribution in [3.05, 3.63) is 35.0 Å². The number of carboxylic acid groups (broad SMARTS) is 1. The molecule has 2 aliphatic heterocycles. The highest BCUT2D eigenvalue weighted by Gasteiger charge is 2.54. The van der Waals surface area contributed by atoms with Crippen LogP contribution in [0, 0.1) is 0 Å². The number of fused-ring (bicyclic) bond motifs is 1. The van der Waals surface area contributed by atoms with E-state index in [0.29, 0.717) is 11.3 Å². The molecule has 0 radical (unpaired) electrons. The molecule has 0 spiro atoms. The third-order valence-electron chi connectivity index (χ3n) is 3.90. The van der Waals surface area contributed by atoms with Crippen molar-refractivity contribution in [1.29, 1.82) is 0 Å². The molecule has 1 saturated heterocycles. The van der Waals surface area contributed by atoms with Crippen LogP contribution in [-0.2, 0) is 19.2 Å². The molecule has 1 fully saturated rings. The van der Waals surface area contributed by atoms with Crippen LogP contribution < -0.4 is 11.1 Å². The van der Waals surface area contributed by atoms with E-state index in [4.69, 9.17) is 5.73 Å². The Morgan fingerprint density at radius 3 is 2.89 bits per heavy atom. The quantitative estimate of drug-likeness (QED) is 0.338. The van der Waals surface area contributed by atoms with Gasteiger partial charge in [-0.3, -0.25) is 14.5 Å². The number of amides is 2. The predicted octanol–water partition coefficient (Wildman–Crippen LogP) is 0.000400. The number of nitrogens with zero attached hydrogens (tertiary/aromatic N) is 3. The molecule has 1 aromatic heterocycles. The van der Waals surface area contributed by atoms with Crippen LogP contribution in [0.5, 0.6) is 0 Å². The van der Waals surface area contributed by atoms with E-state index < -0.39 is 29.2 Å². The summed E-state index contributed by atoms with van der Waals surface area (Å²) in [6.45, 7) is 3.58. The lowest BCUT2D eigenvalue weighted by molar-refractivity contribution is -0.150. The van der Waals surface area contributed by atoms with Gasteiger partial charge in [-0.1, -0.05) is 17.8 Å². The van der Waals surface area contributed by atoms with Gasteiger partial charge in [-0.15, -0.1) is 23.1 Å². The normalized spacial score (nSPS) is 22.0. The van der Waals surface area contributed by atoms with Gasteiger partial charge in [-0.2, -0.15) is 0 Å². The molecule has 3 rings (SSSR count). The van der Waals surface area contributed by atoms with Gasteiger partial charge in [0.05, 0.1) is 0 Å². The first-order valence-corrected chi connectivity index (χ1v) is 9.48. The van der Waals surface area contributed by atoms with Crippen LogP contribution in [0.1, 0.15) is 5.69 Å². The van der Waals surface area contributed by atoms with Crippen LogP contribution in [0.4, 0.5) is 5.13 Å². The smallest absolute Gasteiger partial charge is 0.352 e. The van der Waals surface area contributed by atoms with E-state index in [0.717, 1.165) is 16.2 Å². The van der Waals surface area contributed by atoms with Gasteiger partial charge < -0.3 is 21.0 Å². The first kappa shape index (κ1) is 18.9. The minimum atomic E-state index is -1.21. The number of hydrogen-bond acceptors (Lipinski definition) is 9. The summed E-state index contributed by atoms with van der Waals surface area (Å²) in [7, 11) is 1.27. The molecule has 142 valence electrons. The summed E-state index contributed by atoms with van der Waals surface area (Å²) < 4.78 is 0. The number of carbonyl (C=O) groups is 3. The number of nitrogen functional groups attached to an aromatic ring is 1. The standard InChI is InChI=1S/C15H15N5O5S2/c1-3-6-4-26-13-9(12(22)20(13)10(6)14(23)24)18-11(21)8(19-25-2)7-5-27-15(16)17-7/h3,5,9,13H,1,4H2,2H3,(H2,16,17)(H,18,21)(H,23,24)/b19-8+. The van der Waals surface area contributed by atoms with Crippen LogP contribution in [0.15, 0.2) is 34.5 Å². The van der Waals surface area contributed by atoms with Crippen molar-refractivity contribution in [3.8, 4) is 0 Å². The average molecular weight is 409 g/mol. The fraction of sp³-hybridized carbons (Fsp3) is 0.267. The van der Waals surface area contributed by atoms with Gasteiger partial charge in [0, 0.05) is 11.1 Å². The topological polar surface area (TPSA) is 147 Å². The number of anilines is 1. The van der Waals surface area contributed by atoms with Crippen LogP contribution in [0.3, 0.4) is 0 Å². The van der Waals surface area contributed by atoms with Crippen molar-refractivity contribution in [2.24, 2.45) is 5.16 Å². The Kier molecular flexibility index (Phi) is 5.19. The fourth-order valence-electron chi connectivity index (χ4n) is 2.70. The number of nitrogens with two attached hydrogens (primary N) is 1. The highest BCUT2D eigenvalue weighted by molar-refractivity contribution is 8.00. The zero-order chi connectivity index (χ0) is 19.7. The third kappa shape index (κ3) is 3.28. The van der Waals surface area contributed by atoms with Crippen molar-refractivity contribution in [2.45, 2.75) is 11.4 Å². The number of oxime groups is 1. The maximum absolute atomic E-state index is 12.6. The average Bonchev–Trinajstić information content (AvgIpc) is 3.08. The second-order valence-corrected chi connectivity index (χ2v) is 7.43. The van der Waals surface area contributed by atoms with Crippen molar-refractivity contribution >= 4 is 51.7 Å². The summed E-state index contributed by atoms with van der Waals surface area (Å²) in [5.74, 6) is -2.04. The predicted molar refractivity (Wildman–Crippen MR) is 100.0 cm³/mol.